The second-order valence-corrected chi connectivity index (χ2v) is 44.8. The molecule has 15 N–H and O–H groups in total. The number of hydrogen-bond donors (Lipinski definition) is 15. The summed E-state index contributed by atoms with van der Waals surface area (Å²) in [7, 11) is 10.4. The fourth-order valence-corrected chi connectivity index (χ4v) is 5.77. The molecule has 0 rings (SSSR count). The molecule has 1 unspecified atom stereocenters. The molecule has 0 saturated carbocycles. The maximum atomic E-state index is 12.3. The molecular weight excluding hydrogens is 1800 g/mol. The van der Waals surface area contributed by atoms with Crippen molar-refractivity contribution >= 4 is 29.8 Å². The fourth-order valence-electron chi connectivity index (χ4n) is 5.77. The monoisotopic (exact) mass is 2060 g/mol. The molecule has 0 saturated heterocycles. The number of nitrogens with one attached hydrogen (secondary N) is 1. The van der Waals surface area contributed by atoms with Gasteiger partial charge in [0.1, 0.15) is 5.60 Å². The number of rotatable bonds is 36. The Morgan fingerprint density at radius 1 is 0.376 bits per heavy atom. The third kappa shape index (κ3) is 192. The highest BCUT2D eigenvalue weighted by Gasteiger charge is 2.31. The van der Waals surface area contributed by atoms with Crippen molar-refractivity contribution in [2.24, 2.45) is 136 Å². The lowest BCUT2D eigenvalue weighted by Crippen LogP contribution is -2.42. The van der Waals surface area contributed by atoms with Crippen molar-refractivity contribution in [3.8, 4) is 0 Å². The van der Waals surface area contributed by atoms with E-state index in [1.54, 1.807) is 55.6 Å². The first-order valence-corrected chi connectivity index (χ1v) is 53.2. The quantitative estimate of drug-likeness (QED) is 0.0205. The zero-order chi connectivity index (χ0) is 118. The first kappa shape index (κ1) is 186. The van der Waals surface area contributed by atoms with Crippen molar-refractivity contribution in [2.45, 2.75) is 473 Å². The summed E-state index contributed by atoms with van der Waals surface area (Å²) in [5.41, 5.74) is -1.72. The van der Waals surface area contributed by atoms with Crippen LogP contribution in [0.3, 0.4) is 0 Å². The number of carbonyl (C=O) groups is 5. The Morgan fingerprint density at radius 3 is 0.709 bits per heavy atom. The lowest BCUT2D eigenvalue weighted by atomic mass is 9.84. The molecule has 0 radical (unpaired) electrons. The van der Waals surface area contributed by atoms with Crippen LogP contribution in [0.4, 0.5) is 8.78 Å². The molecule has 0 spiro atoms. The third-order valence-electron chi connectivity index (χ3n) is 21.6. The Labute approximate surface area is 875 Å². The number of halogens is 2. The summed E-state index contributed by atoms with van der Waals surface area (Å²) in [6, 6.07) is 0. The summed E-state index contributed by atoms with van der Waals surface area (Å²) in [5.74, 6) is 4.48. The molecule has 0 bridgehead atoms. The highest BCUT2D eigenvalue weighted by molar-refractivity contribution is 5.71. The average molecular weight is 2060 g/mol. The van der Waals surface area contributed by atoms with Crippen molar-refractivity contribution in [3.05, 3.63) is 0 Å². The van der Waals surface area contributed by atoms with Gasteiger partial charge in [0.25, 0.3) is 0 Å². The molecule has 0 aromatic carbocycles. The van der Waals surface area contributed by atoms with Crippen LogP contribution in [-0.2, 0) is 42.9 Å². The highest BCUT2D eigenvalue weighted by Crippen LogP contribution is 2.27. The number of aliphatic hydroxyl groups is 12. The molecule has 27 heteroatoms. The van der Waals surface area contributed by atoms with Crippen LogP contribution in [-0.4, -0.2) is 256 Å². The number of esters is 3. The standard InChI is InChI=1S/C7H17NO.3C7H16O.C7H16.C6H12F2.C6H14O3.2C6H12O2.C6H14.C5H13N.C5H10O2.2C5H12O2.C5H10O2.2C5H12O.2C5H12.C4H8O2/c1-6(2)7(9)5-8(3)4;2*1-5-7(4,8)6(2)3;1-4-7(5-8)6(2)3;1-6(2)7(3,4)5;1-4-6(7,8)5(2)3;1-5(2)6(9,3-7)4-8;1-5(2)4-6(7)8-3;1-4-8-6(7)5(2)3;1-5(2)6(3)4;1-5(2)4-6-3;1-4(2)5(6)7-3;2*1-4(2)5(7)3-6;1-4(2)3-5(6)7;1-5(2)4-6-3;1-5(2)3-4-6;2*1-4-5(2)3;1-3(2)4(5)6/h6-7,9H,5H2,1-4H3;2*6,8H,5H2,1-4H3;6-8H,4-5H2,1-3H3;6H,1-5H3;5H,4H2,1-3H3;5,7-9H,3-4H2,1-2H3;2*5H,4H2,1-3H3;5-6H,1-4H3;5-6H,4H2,1-3H3;4H,1-3H3;2*4-7H,3H2,1-2H3;4H,3H2,1-2H3,(H,6,7);5H,4H2,1-3H3;5-6H,3-4H2,1-2H3;2*5H,4H2,1-3H3;3H,1-2H3,(H,5,6)/t3*7-;;;;;;;;;;2*5-;;;;;;/m110.........10....../s1. The van der Waals surface area contributed by atoms with Gasteiger partial charge in [0, 0.05) is 58.7 Å². The van der Waals surface area contributed by atoms with E-state index in [1.165, 1.54) is 47.8 Å². The van der Waals surface area contributed by atoms with Gasteiger partial charge in [0.05, 0.1) is 94.5 Å². The number of carbonyl (C=O) groups excluding carboxylic acids is 3. The summed E-state index contributed by atoms with van der Waals surface area (Å²) < 4.78 is 42.8. The largest absolute Gasteiger partial charge is 0.481 e. The Morgan fingerprint density at radius 2 is 0.688 bits per heavy atom. The van der Waals surface area contributed by atoms with Gasteiger partial charge in [-0.1, -0.05) is 372 Å². The fraction of sp³-hybridized carbons (Fsp3) is 0.956. The first-order chi connectivity index (χ1) is 63.4. The maximum Gasteiger partial charge on any atom is 0.308 e. The predicted octanol–water partition coefficient (Wildman–Crippen LogP) is 25.2. The van der Waals surface area contributed by atoms with E-state index in [-0.39, 0.29) is 105 Å². The zero-order valence-corrected chi connectivity index (χ0v) is 105. The SMILES string of the molecule is CC(C)C(=O)O.CC(C)C(C)(C)C.CC(C)C(C)C.CC(C)C(O)(CO)CO.CC(C)CC(=O)O.CC(C)CCO.CC(C)[C@@H](O)CO.CC(C)[C@H](O)CN(C)C.CC(C)[C@H](O)CO.CCC(C)C.CCC(C)C.CCC(CO)C(C)C.CCC(F)(F)C(C)C.CCOC(=O)C(C)C.CC[C@@](C)(O)C(C)C.CC[C@](C)(O)C(C)C.CNCC(C)C.COC(=O)C(C)C.COC(=O)CC(C)C.COCC(C)C. The van der Waals surface area contributed by atoms with Crippen LogP contribution in [0.2, 0.25) is 0 Å². The van der Waals surface area contributed by atoms with Gasteiger partial charge in [-0.15, -0.1) is 0 Å². The number of hydrogen-bond acceptors (Lipinski definition) is 23. The predicted molar refractivity (Wildman–Crippen MR) is 602 cm³/mol. The Balaban J connectivity index is -0.0000000608. The number of ether oxygens (including phenoxy) is 4. The van der Waals surface area contributed by atoms with Gasteiger partial charge >= 0.3 is 29.8 Å². The summed E-state index contributed by atoms with van der Waals surface area (Å²) >= 11 is 0. The molecule has 141 heavy (non-hydrogen) atoms. The van der Waals surface area contributed by atoms with E-state index in [2.05, 4.69) is 186 Å². The van der Waals surface area contributed by atoms with E-state index in [4.69, 9.17) is 55.8 Å². The lowest BCUT2D eigenvalue weighted by molar-refractivity contribution is -0.147. The average Bonchev–Trinajstić information content (AvgIpc) is 0.902. The molecule has 0 aliphatic heterocycles. The topological polar surface area (TPSA) is 421 Å². The van der Waals surface area contributed by atoms with E-state index in [9.17, 15) is 53.2 Å². The molecule has 0 aliphatic carbocycles. The van der Waals surface area contributed by atoms with Gasteiger partial charge in [-0.2, -0.15) is 0 Å². The molecule has 25 nitrogen and oxygen atoms in total. The van der Waals surface area contributed by atoms with Gasteiger partial charge in [-0.25, -0.2) is 8.78 Å². The van der Waals surface area contributed by atoms with Crippen molar-refractivity contribution in [2.75, 3.05) is 108 Å². The number of aliphatic hydroxyl groups excluding tert-OH is 9. The minimum atomic E-state index is -2.46. The van der Waals surface area contributed by atoms with E-state index in [1.807, 2.05) is 165 Å². The summed E-state index contributed by atoms with van der Waals surface area (Å²) in [6.07, 6.45) is 5.80. The van der Waals surface area contributed by atoms with Crippen LogP contribution in [0, 0.1) is 136 Å². The normalized spacial score (nSPS) is 12.4. The van der Waals surface area contributed by atoms with E-state index in [0.29, 0.717) is 79.0 Å². The van der Waals surface area contributed by atoms with Gasteiger partial charge < -0.3 is 101 Å². The van der Waals surface area contributed by atoms with Crippen molar-refractivity contribution in [1.82, 2.24) is 10.2 Å². The van der Waals surface area contributed by atoms with Gasteiger partial charge in [0.2, 0.25) is 5.92 Å². The second kappa shape index (κ2) is 122. The third-order valence-corrected chi connectivity index (χ3v) is 21.6. The Kier molecular flexibility index (Phi) is 160. The highest BCUT2D eigenvalue weighted by atomic mass is 19.3. The molecule has 6 atom stereocenters. The summed E-state index contributed by atoms with van der Waals surface area (Å²) in [6.45, 7) is 111. The van der Waals surface area contributed by atoms with Gasteiger partial charge in [-0.3, -0.25) is 24.0 Å². The molecule has 0 aromatic heterocycles. The number of alkyl halides is 2. The van der Waals surface area contributed by atoms with Gasteiger partial charge in [-0.05, 0) is 180 Å². The summed E-state index contributed by atoms with van der Waals surface area (Å²) in [5, 5.41) is 124. The molecule has 0 amide bonds. The van der Waals surface area contributed by atoms with Crippen LogP contribution in [0.15, 0.2) is 0 Å². The van der Waals surface area contributed by atoms with Crippen LogP contribution >= 0.6 is 0 Å². The van der Waals surface area contributed by atoms with Gasteiger partial charge in [0.15, 0.2) is 0 Å². The molecule has 0 aliphatic rings. The maximum absolute atomic E-state index is 12.3. The first-order valence-electron chi connectivity index (χ1n) is 53.2. The number of carboxylic acids is 2. The molecule has 0 fully saturated rings. The zero-order valence-electron chi connectivity index (χ0n) is 105. The smallest absolute Gasteiger partial charge is 0.308 e. The van der Waals surface area contributed by atoms with E-state index >= 15 is 0 Å². The molecular formula is C114H258F2N2O23. The van der Waals surface area contributed by atoms with Crippen LogP contribution < -0.4 is 5.32 Å². The molecule has 876 valence electrons. The molecule has 0 heterocycles. The number of carboxylic acid groups (broad SMARTS) is 2. The van der Waals surface area contributed by atoms with Crippen LogP contribution in [0.25, 0.3) is 0 Å². The second-order valence-electron chi connectivity index (χ2n) is 44.8. The number of aliphatic carboxylic acids is 2. The summed E-state index contributed by atoms with van der Waals surface area (Å²) in [4.78, 5) is 52.7. The Hall–Kier alpha value is -3.39. The lowest BCUT2D eigenvalue weighted by Gasteiger charge is -2.27. The number of nitrogens with zero attached hydrogens (tertiary/aromatic N) is 1. The number of likely N-dealkylation sites (N-methyl/N-ethyl adjacent to an activating group) is 1. The molecule has 0 aromatic rings. The van der Waals surface area contributed by atoms with Crippen LogP contribution in [0.1, 0.15) is 432 Å². The minimum Gasteiger partial charge on any atom is -0.481 e. The number of methoxy groups -OCH3 is 3. The van der Waals surface area contributed by atoms with Crippen molar-refractivity contribution < 1.29 is 123 Å². The van der Waals surface area contributed by atoms with E-state index in [0.717, 1.165) is 80.9 Å². The minimum absolute atomic E-state index is 0.00463. The van der Waals surface area contributed by atoms with Crippen molar-refractivity contribution in [3.63, 3.8) is 0 Å². The Bertz CT molecular complexity index is 2300. The van der Waals surface area contributed by atoms with E-state index < -0.39 is 52.8 Å². The van der Waals surface area contributed by atoms with Crippen molar-refractivity contribution in [1.29, 1.82) is 0 Å². The van der Waals surface area contributed by atoms with Crippen LogP contribution in [0.5, 0.6) is 0 Å².